The van der Waals surface area contributed by atoms with Crippen LogP contribution in [-0.2, 0) is 5.41 Å². The van der Waals surface area contributed by atoms with Crippen LogP contribution >= 0.6 is 11.3 Å². The van der Waals surface area contributed by atoms with Crippen molar-refractivity contribution >= 4 is 16.5 Å². The van der Waals surface area contributed by atoms with Crippen molar-refractivity contribution in [3.05, 3.63) is 11.1 Å². The van der Waals surface area contributed by atoms with E-state index in [0.717, 1.165) is 22.9 Å². The van der Waals surface area contributed by atoms with Crippen molar-refractivity contribution in [2.24, 2.45) is 17.8 Å². The Hall–Kier alpha value is -0.280. The minimum Gasteiger partial charge on any atom is -1.00 e. The molecule has 1 heterocycles. The zero-order valence-electron chi connectivity index (χ0n) is 9.86. The number of nitrogens with two attached hydrogens (primary N) is 1. The summed E-state index contributed by atoms with van der Waals surface area (Å²) < 4.78 is 0. The number of thiazole rings is 1. The maximum absolute atomic E-state index is 5.80. The lowest BCUT2D eigenvalue weighted by Gasteiger charge is -2.56. The highest BCUT2D eigenvalue weighted by molar-refractivity contribution is 7.13. The van der Waals surface area contributed by atoms with E-state index in [0.29, 0.717) is 5.41 Å². The Morgan fingerprint density at radius 2 is 1.65 bits per heavy atom. The molecule has 0 radical (unpaired) electrons. The molecular weight excluding hydrogens is 252 g/mol. The Kier molecular flexibility index (Phi) is 2.67. The van der Waals surface area contributed by atoms with Crippen molar-refractivity contribution in [3.8, 4) is 0 Å². The van der Waals surface area contributed by atoms with Crippen molar-refractivity contribution in [2.75, 3.05) is 5.73 Å². The van der Waals surface area contributed by atoms with Crippen LogP contribution in [0.15, 0.2) is 5.38 Å². The summed E-state index contributed by atoms with van der Waals surface area (Å²) in [5.74, 6) is 2.98. The molecule has 2 N–H and O–H groups in total. The Bertz CT molecular complexity index is 394. The summed E-state index contributed by atoms with van der Waals surface area (Å²) in [6.07, 6.45) is 8.67. The molecule has 17 heavy (non-hydrogen) atoms. The molecule has 0 amide bonds. The number of rotatable bonds is 1. The van der Waals surface area contributed by atoms with Crippen molar-refractivity contribution in [2.45, 2.75) is 43.9 Å². The topological polar surface area (TPSA) is 38.9 Å². The van der Waals surface area contributed by atoms with Crippen LogP contribution in [0.25, 0.3) is 0 Å². The second-order valence-corrected chi connectivity index (χ2v) is 7.16. The molecule has 0 aromatic carbocycles. The molecule has 4 aliphatic rings. The average Bonchev–Trinajstić information content (AvgIpc) is 2.63. The first-order chi connectivity index (χ1) is 7.73. The zero-order chi connectivity index (χ0) is 10.8. The summed E-state index contributed by atoms with van der Waals surface area (Å²) in [4.78, 5) is 4.60. The number of hydrogen-bond donors (Lipinski definition) is 1. The van der Waals surface area contributed by atoms with Gasteiger partial charge in [-0.1, -0.05) is 0 Å². The van der Waals surface area contributed by atoms with Gasteiger partial charge in [-0.05, 0) is 56.3 Å². The second-order valence-electron chi connectivity index (χ2n) is 6.27. The molecule has 0 atom stereocenters. The van der Waals surface area contributed by atoms with Crippen LogP contribution in [0.4, 0.5) is 5.13 Å². The summed E-state index contributed by atoms with van der Waals surface area (Å²) in [7, 11) is 0. The minimum atomic E-state index is 0. The summed E-state index contributed by atoms with van der Waals surface area (Å²) >= 11 is 1.62. The van der Waals surface area contributed by atoms with Gasteiger partial charge >= 0.3 is 0 Å². The largest absolute Gasteiger partial charge is 1.00 e. The zero-order valence-corrected chi connectivity index (χ0v) is 11.4. The van der Waals surface area contributed by atoms with Gasteiger partial charge in [-0.3, -0.25) is 0 Å². The number of nitrogens with zero attached hydrogens (tertiary/aromatic N) is 1. The molecule has 4 fully saturated rings. The predicted molar refractivity (Wildman–Crippen MR) is 66.4 cm³/mol. The van der Waals surface area contributed by atoms with Gasteiger partial charge < -0.3 is 18.1 Å². The standard InChI is InChI=1S/C13H18N2S.ClH/c14-12-15-11(7-16-12)13-4-8-1-9(5-13)3-10(2-8)6-13;/h7-10H,1-6H2,(H2,14,15);1H/p-1. The van der Waals surface area contributed by atoms with Crippen molar-refractivity contribution in [3.63, 3.8) is 0 Å². The van der Waals surface area contributed by atoms with Crippen molar-refractivity contribution in [1.29, 1.82) is 0 Å². The third-order valence-electron chi connectivity index (χ3n) is 5.10. The first kappa shape index (κ1) is 11.8. The van der Waals surface area contributed by atoms with Crippen LogP contribution in [0.1, 0.15) is 44.2 Å². The Labute approximate surface area is 112 Å². The quantitative estimate of drug-likeness (QED) is 0.791. The van der Waals surface area contributed by atoms with E-state index < -0.39 is 0 Å². The third-order valence-corrected chi connectivity index (χ3v) is 5.78. The Morgan fingerprint density at radius 1 is 1.12 bits per heavy atom. The van der Waals surface area contributed by atoms with Gasteiger partial charge in [-0.2, -0.15) is 0 Å². The summed E-state index contributed by atoms with van der Waals surface area (Å²) in [5.41, 5.74) is 7.57. The van der Waals surface area contributed by atoms with Crippen molar-refractivity contribution < 1.29 is 12.4 Å². The molecule has 1 aromatic rings. The van der Waals surface area contributed by atoms with E-state index in [1.165, 1.54) is 44.2 Å². The number of halogens is 1. The fraction of sp³-hybridized carbons (Fsp3) is 0.769. The lowest BCUT2D eigenvalue weighted by molar-refractivity contribution is -0.00689. The minimum absolute atomic E-state index is 0. The Morgan fingerprint density at radius 3 is 2.06 bits per heavy atom. The highest BCUT2D eigenvalue weighted by Gasteiger charge is 2.52. The third kappa shape index (κ3) is 1.70. The maximum atomic E-state index is 5.80. The van der Waals surface area contributed by atoms with Crippen LogP contribution < -0.4 is 18.1 Å². The molecule has 4 heteroatoms. The van der Waals surface area contributed by atoms with Crippen LogP contribution in [0.2, 0.25) is 0 Å². The fourth-order valence-electron chi connectivity index (χ4n) is 4.96. The lowest BCUT2D eigenvalue weighted by atomic mass is 9.49. The number of aromatic nitrogens is 1. The normalized spacial score (nSPS) is 42.5. The summed E-state index contributed by atoms with van der Waals surface area (Å²) in [5, 5.41) is 2.98. The monoisotopic (exact) mass is 269 g/mol. The van der Waals surface area contributed by atoms with Crippen LogP contribution in [0.3, 0.4) is 0 Å². The predicted octanol–water partition coefficient (Wildman–Crippen LogP) is 0.197. The van der Waals surface area contributed by atoms with Gasteiger partial charge in [0.1, 0.15) is 0 Å². The van der Waals surface area contributed by atoms with E-state index in [9.17, 15) is 0 Å². The van der Waals surface area contributed by atoms with Crippen LogP contribution in [-0.4, -0.2) is 4.98 Å². The highest BCUT2D eigenvalue weighted by Crippen LogP contribution is 2.60. The Balaban J connectivity index is 0.000000902. The van der Waals surface area contributed by atoms with E-state index in [-0.39, 0.29) is 12.4 Å². The molecule has 0 spiro atoms. The average molecular weight is 270 g/mol. The van der Waals surface area contributed by atoms with E-state index in [1.807, 2.05) is 0 Å². The van der Waals surface area contributed by atoms with E-state index in [2.05, 4.69) is 10.4 Å². The molecule has 1 aromatic heterocycles. The molecule has 0 unspecified atom stereocenters. The van der Waals surface area contributed by atoms with Crippen LogP contribution in [0, 0.1) is 17.8 Å². The van der Waals surface area contributed by atoms with Gasteiger partial charge in [0.25, 0.3) is 0 Å². The molecule has 4 bridgehead atoms. The smallest absolute Gasteiger partial charge is 0.180 e. The van der Waals surface area contributed by atoms with E-state index in [1.54, 1.807) is 11.3 Å². The number of anilines is 1. The number of nitrogen functional groups attached to an aromatic ring is 1. The lowest BCUT2D eigenvalue weighted by Crippen LogP contribution is -3.00. The van der Waals surface area contributed by atoms with E-state index in [4.69, 9.17) is 5.73 Å². The van der Waals surface area contributed by atoms with Gasteiger partial charge in [-0.15, -0.1) is 11.3 Å². The van der Waals surface area contributed by atoms with Gasteiger partial charge in [0.2, 0.25) is 0 Å². The molecular formula is C13H18ClN2S-. The van der Waals surface area contributed by atoms with Crippen molar-refractivity contribution in [1.82, 2.24) is 4.98 Å². The first-order valence-corrected chi connectivity index (χ1v) is 7.33. The van der Waals surface area contributed by atoms with Crippen LogP contribution in [0.5, 0.6) is 0 Å². The molecule has 2 nitrogen and oxygen atoms in total. The first-order valence-electron chi connectivity index (χ1n) is 6.45. The van der Waals surface area contributed by atoms with Gasteiger partial charge in [0.05, 0.1) is 5.69 Å². The molecule has 0 aliphatic heterocycles. The fourth-order valence-corrected chi connectivity index (χ4v) is 5.64. The maximum Gasteiger partial charge on any atom is 0.180 e. The second kappa shape index (κ2) is 3.86. The molecule has 4 aliphatic carbocycles. The molecule has 0 saturated heterocycles. The summed E-state index contributed by atoms with van der Waals surface area (Å²) in [6, 6.07) is 0. The molecule has 94 valence electrons. The number of hydrogen-bond acceptors (Lipinski definition) is 3. The van der Waals surface area contributed by atoms with Gasteiger partial charge in [-0.25, -0.2) is 4.98 Å². The SMILES string of the molecule is Nc1nc(C23CC4CC(CC(C4)C2)C3)cs1.[Cl-]. The summed E-state index contributed by atoms with van der Waals surface area (Å²) in [6.45, 7) is 0. The van der Waals surface area contributed by atoms with Gasteiger partial charge in [0.15, 0.2) is 5.13 Å². The highest BCUT2D eigenvalue weighted by atomic mass is 35.5. The molecule has 5 rings (SSSR count). The van der Waals surface area contributed by atoms with Gasteiger partial charge in [0, 0.05) is 10.8 Å². The van der Waals surface area contributed by atoms with E-state index >= 15 is 0 Å². The molecule has 4 saturated carbocycles.